The molecule has 2 aromatic carbocycles. The molecule has 0 spiro atoms. The van der Waals surface area contributed by atoms with Gasteiger partial charge >= 0.3 is 6.18 Å². The number of rotatable bonds is 9. The highest BCUT2D eigenvalue weighted by atomic mass is 19.4. The molecule has 2 N–H and O–H groups in total. The molecule has 0 aliphatic rings. The van der Waals surface area contributed by atoms with Gasteiger partial charge in [0, 0.05) is 31.0 Å². The summed E-state index contributed by atoms with van der Waals surface area (Å²) in [4.78, 5) is 43.1. The summed E-state index contributed by atoms with van der Waals surface area (Å²) in [6.07, 6.45) is -2.86. The number of halogens is 3. The van der Waals surface area contributed by atoms with E-state index in [1.165, 1.54) is 24.3 Å². The van der Waals surface area contributed by atoms with Gasteiger partial charge in [-0.15, -0.1) is 0 Å². The zero-order valence-electron chi connectivity index (χ0n) is 17.9. The highest BCUT2D eigenvalue weighted by molar-refractivity contribution is 6.42. The second-order valence-electron chi connectivity index (χ2n) is 7.52. The summed E-state index contributed by atoms with van der Waals surface area (Å²) < 4.78 is 40.9. The fourth-order valence-corrected chi connectivity index (χ4v) is 3.43. The predicted molar refractivity (Wildman–Crippen MR) is 118 cm³/mol. The van der Waals surface area contributed by atoms with Gasteiger partial charge in [0.1, 0.15) is 5.82 Å². The first kappa shape index (κ1) is 24.5. The first-order chi connectivity index (χ1) is 16.1. The van der Waals surface area contributed by atoms with Crippen molar-refractivity contribution in [2.45, 2.75) is 25.4 Å². The molecule has 0 radical (unpaired) electrons. The minimum Gasteiger partial charge on any atom is -0.363 e. The van der Waals surface area contributed by atoms with E-state index in [0.717, 1.165) is 5.56 Å². The highest BCUT2D eigenvalue weighted by Crippen LogP contribution is 2.32. The minimum absolute atomic E-state index is 0.0807. The summed E-state index contributed by atoms with van der Waals surface area (Å²) >= 11 is 0. The Hall–Kier alpha value is -4.14. The zero-order valence-corrected chi connectivity index (χ0v) is 17.9. The summed E-state index contributed by atoms with van der Waals surface area (Å²) in [5.74, 6) is -2.23. The third-order valence-corrected chi connectivity index (χ3v) is 5.03. The van der Waals surface area contributed by atoms with Crippen molar-refractivity contribution in [3.63, 3.8) is 0 Å². The van der Waals surface area contributed by atoms with Gasteiger partial charge in [-0.2, -0.15) is 13.2 Å². The van der Waals surface area contributed by atoms with Crippen LogP contribution in [0.25, 0.3) is 0 Å². The van der Waals surface area contributed by atoms with Gasteiger partial charge < -0.3 is 5.73 Å². The van der Waals surface area contributed by atoms with E-state index >= 15 is 0 Å². The molecule has 1 aromatic heterocycles. The van der Waals surface area contributed by atoms with Gasteiger partial charge in [0.2, 0.25) is 5.78 Å². The van der Waals surface area contributed by atoms with Crippen LogP contribution in [0.5, 0.6) is 0 Å². The normalized spacial score (nSPS) is 11.1. The second-order valence-corrected chi connectivity index (χ2v) is 7.52. The average Bonchev–Trinajstić information content (AvgIpc) is 2.78. The molecule has 0 aliphatic carbocycles. The maximum absolute atomic E-state index is 13.6. The molecule has 1 amide bonds. The standard InChI is InChI=1S/C25H20F3N3O3/c1-2-18(32)11-15-6-5-7-16(10-15)12-22-30-14-20(25(26,27)28)21(31-22)13-17-8-3-4-9-19(17)23(33)24(29)34/h2-10,14H,1,11-13H2,(H2,29,34). The number of benzene rings is 2. The van der Waals surface area contributed by atoms with Crippen LogP contribution < -0.4 is 5.73 Å². The highest BCUT2D eigenvalue weighted by Gasteiger charge is 2.35. The molecule has 6 nitrogen and oxygen atoms in total. The van der Waals surface area contributed by atoms with Crippen molar-refractivity contribution in [3.8, 4) is 0 Å². The van der Waals surface area contributed by atoms with Crippen molar-refractivity contribution in [3.05, 3.63) is 107 Å². The van der Waals surface area contributed by atoms with Crippen molar-refractivity contribution in [1.82, 2.24) is 9.97 Å². The molecule has 0 saturated carbocycles. The van der Waals surface area contributed by atoms with E-state index in [1.807, 2.05) is 0 Å². The van der Waals surface area contributed by atoms with E-state index < -0.39 is 23.4 Å². The lowest BCUT2D eigenvalue weighted by Gasteiger charge is -2.14. The van der Waals surface area contributed by atoms with E-state index in [0.29, 0.717) is 11.8 Å². The number of hydrogen-bond donors (Lipinski definition) is 1. The minimum atomic E-state index is -4.72. The molecule has 0 fully saturated rings. The number of carbonyl (C=O) groups is 3. The number of amides is 1. The van der Waals surface area contributed by atoms with Crippen LogP contribution in [0.2, 0.25) is 0 Å². The summed E-state index contributed by atoms with van der Waals surface area (Å²) in [6.45, 7) is 3.44. The molecular weight excluding hydrogens is 447 g/mol. The van der Waals surface area contributed by atoms with E-state index in [2.05, 4.69) is 16.5 Å². The molecule has 174 valence electrons. The first-order valence-electron chi connectivity index (χ1n) is 10.2. The van der Waals surface area contributed by atoms with Gasteiger partial charge in [-0.05, 0) is 22.8 Å². The van der Waals surface area contributed by atoms with Crippen LogP contribution in [0, 0.1) is 0 Å². The number of aromatic nitrogens is 2. The quantitative estimate of drug-likeness (QED) is 0.294. The van der Waals surface area contributed by atoms with Gasteiger partial charge in [0.05, 0.1) is 11.3 Å². The van der Waals surface area contributed by atoms with Crippen molar-refractivity contribution >= 4 is 17.5 Å². The number of carbonyl (C=O) groups excluding carboxylic acids is 3. The molecule has 0 bridgehead atoms. The Kier molecular flexibility index (Phi) is 7.35. The molecule has 3 aromatic rings. The second kappa shape index (κ2) is 10.2. The Morgan fingerprint density at radius 2 is 1.71 bits per heavy atom. The van der Waals surface area contributed by atoms with E-state index in [1.54, 1.807) is 30.3 Å². The van der Waals surface area contributed by atoms with Gasteiger partial charge in [-0.25, -0.2) is 9.97 Å². The summed E-state index contributed by atoms with van der Waals surface area (Å²) in [6, 6.07) is 12.8. The topological polar surface area (TPSA) is 103 Å². The fourth-order valence-electron chi connectivity index (χ4n) is 3.43. The molecule has 3 rings (SSSR count). The van der Waals surface area contributed by atoms with Crippen LogP contribution in [-0.4, -0.2) is 27.4 Å². The third kappa shape index (κ3) is 6.00. The Morgan fingerprint density at radius 1 is 1.00 bits per heavy atom. The Labute approximate surface area is 193 Å². The van der Waals surface area contributed by atoms with Gasteiger partial charge in [0.15, 0.2) is 5.78 Å². The van der Waals surface area contributed by atoms with Gasteiger partial charge in [-0.3, -0.25) is 14.4 Å². The molecule has 0 saturated heterocycles. The van der Waals surface area contributed by atoms with E-state index in [4.69, 9.17) is 5.73 Å². The summed E-state index contributed by atoms with van der Waals surface area (Å²) in [5, 5.41) is 0. The van der Waals surface area contributed by atoms with Gasteiger partial charge in [0.25, 0.3) is 5.91 Å². The SMILES string of the molecule is C=CC(=O)Cc1cccc(Cc2ncc(C(F)(F)F)c(Cc3ccccc3C(=O)C(N)=O)n2)c1. The summed E-state index contributed by atoms with van der Waals surface area (Å²) in [7, 11) is 0. The number of primary amides is 1. The number of alkyl halides is 3. The Balaban J connectivity index is 1.97. The summed E-state index contributed by atoms with van der Waals surface area (Å²) in [5.41, 5.74) is 5.25. The molecule has 34 heavy (non-hydrogen) atoms. The fraction of sp³-hybridized carbons (Fsp3) is 0.160. The molecule has 0 atom stereocenters. The van der Waals surface area contributed by atoms with Crippen molar-refractivity contribution in [2.24, 2.45) is 5.73 Å². The monoisotopic (exact) mass is 467 g/mol. The lowest BCUT2D eigenvalue weighted by atomic mass is 9.97. The lowest BCUT2D eigenvalue weighted by Crippen LogP contribution is -2.24. The van der Waals surface area contributed by atoms with Gasteiger partial charge in [-0.1, -0.05) is 55.1 Å². The molecular formula is C25H20F3N3O3. The van der Waals surface area contributed by atoms with Crippen LogP contribution in [0.15, 0.2) is 67.4 Å². The number of nitrogens with two attached hydrogens (primary N) is 1. The van der Waals surface area contributed by atoms with Crippen LogP contribution in [-0.2, 0) is 35.0 Å². The predicted octanol–water partition coefficient (Wildman–Crippen LogP) is 3.64. The maximum atomic E-state index is 13.6. The number of ketones is 2. The lowest BCUT2D eigenvalue weighted by molar-refractivity contribution is -0.138. The number of Topliss-reactive ketones (excluding diaryl/α,β-unsaturated/α-hetero) is 1. The van der Waals surface area contributed by atoms with Crippen LogP contribution in [0.3, 0.4) is 0 Å². The molecule has 0 aliphatic heterocycles. The van der Waals surface area contributed by atoms with Crippen LogP contribution in [0.4, 0.5) is 13.2 Å². The maximum Gasteiger partial charge on any atom is 0.419 e. The van der Waals surface area contributed by atoms with Crippen molar-refractivity contribution in [2.75, 3.05) is 0 Å². The average molecular weight is 467 g/mol. The van der Waals surface area contributed by atoms with E-state index in [9.17, 15) is 27.6 Å². The van der Waals surface area contributed by atoms with E-state index in [-0.39, 0.29) is 47.7 Å². The molecule has 0 unspecified atom stereocenters. The first-order valence-corrected chi connectivity index (χ1v) is 10.2. The third-order valence-electron chi connectivity index (χ3n) is 5.03. The number of hydrogen-bond acceptors (Lipinski definition) is 5. The number of nitrogens with zero attached hydrogens (tertiary/aromatic N) is 2. The van der Waals surface area contributed by atoms with Crippen molar-refractivity contribution in [1.29, 1.82) is 0 Å². The Bertz CT molecular complexity index is 1270. The number of allylic oxidation sites excluding steroid dienone is 1. The largest absolute Gasteiger partial charge is 0.419 e. The van der Waals surface area contributed by atoms with Crippen molar-refractivity contribution < 1.29 is 27.6 Å². The smallest absolute Gasteiger partial charge is 0.363 e. The Morgan fingerprint density at radius 3 is 2.38 bits per heavy atom. The molecule has 1 heterocycles. The van der Waals surface area contributed by atoms with Crippen LogP contribution >= 0.6 is 0 Å². The zero-order chi connectivity index (χ0) is 24.9. The molecule has 9 heteroatoms. The van der Waals surface area contributed by atoms with Crippen LogP contribution in [0.1, 0.15) is 44.1 Å².